The van der Waals surface area contributed by atoms with Crippen molar-refractivity contribution in [2.45, 2.75) is 19.4 Å². The molecule has 2 aromatic heterocycles. The smallest absolute Gasteiger partial charge is 0.268 e. The van der Waals surface area contributed by atoms with Gasteiger partial charge in [-0.25, -0.2) is 0 Å². The van der Waals surface area contributed by atoms with Gasteiger partial charge in [-0.1, -0.05) is 11.4 Å². The molecule has 0 aromatic carbocycles. The highest BCUT2D eigenvalue weighted by Crippen LogP contribution is 2.26. The van der Waals surface area contributed by atoms with Gasteiger partial charge in [-0.05, 0) is 24.0 Å². The van der Waals surface area contributed by atoms with Gasteiger partial charge in [0.15, 0.2) is 0 Å². The Morgan fingerprint density at radius 1 is 1.65 bits per heavy atom. The zero-order valence-corrected chi connectivity index (χ0v) is 11.9. The molecule has 20 heavy (non-hydrogen) atoms. The van der Waals surface area contributed by atoms with Gasteiger partial charge < -0.3 is 9.64 Å². The van der Waals surface area contributed by atoms with Crippen molar-refractivity contribution in [3.63, 3.8) is 0 Å². The number of nitrogens with zero attached hydrogens (tertiary/aromatic N) is 4. The second kappa shape index (κ2) is 5.68. The molecule has 1 N–H and O–H groups in total. The first-order valence-corrected chi connectivity index (χ1v) is 7.27. The fourth-order valence-electron chi connectivity index (χ4n) is 2.29. The molecule has 3 rings (SSSR count). The summed E-state index contributed by atoms with van der Waals surface area (Å²) in [6.45, 7) is 3.55. The third-order valence-electron chi connectivity index (χ3n) is 3.36. The van der Waals surface area contributed by atoms with Crippen molar-refractivity contribution in [3.8, 4) is 0 Å². The lowest BCUT2D eigenvalue weighted by Crippen LogP contribution is -2.43. The first-order chi connectivity index (χ1) is 9.81. The number of carbonyl (C=O) groups excluding carboxylic acids is 1. The van der Waals surface area contributed by atoms with Gasteiger partial charge in [0.1, 0.15) is 4.88 Å². The predicted octanol–water partition coefficient (Wildman–Crippen LogP) is 1.04. The minimum Gasteiger partial charge on any atom is -0.377 e. The first-order valence-electron chi connectivity index (χ1n) is 6.50. The maximum Gasteiger partial charge on any atom is 0.268 e. The van der Waals surface area contributed by atoms with Crippen LogP contribution < -0.4 is 0 Å². The number of nitrogens with one attached hydrogen (secondary N) is 1. The Hall–Kier alpha value is -1.80. The average Bonchev–Trinajstić information content (AvgIpc) is 3.17. The monoisotopic (exact) mass is 293 g/mol. The van der Waals surface area contributed by atoms with Gasteiger partial charge in [-0.3, -0.25) is 9.89 Å². The third kappa shape index (κ3) is 2.32. The second-order valence-corrected chi connectivity index (χ2v) is 5.26. The van der Waals surface area contributed by atoms with E-state index in [1.165, 1.54) is 0 Å². The van der Waals surface area contributed by atoms with E-state index in [1.54, 1.807) is 6.20 Å². The van der Waals surface area contributed by atoms with E-state index < -0.39 is 0 Å². The van der Waals surface area contributed by atoms with E-state index in [-0.39, 0.29) is 11.9 Å². The number of hydrogen-bond acceptors (Lipinski definition) is 6. The van der Waals surface area contributed by atoms with Crippen LogP contribution in [0.5, 0.6) is 0 Å². The van der Waals surface area contributed by atoms with Gasteiger partial charge in [0.05, 0.1) is 30.6 Å². The highest BCUT2D eigenvalue weighted by atomic mass is 32.1. The quantitative estimate of drug-likeness (QED) is 0.914. The number of hydrogen-bond donors (Lipinski definition) is 1. The van der Waals surface area contributed by atoms with E-state index in [4.69, 9.17) is 4.74 Å². The van der Waals surface area contributed by atoms with E-state index in [0.717, 1.165) is 22.9 Å². The number of H-pyrrole nitrogens is 1. The summed E-state index contributed by atoms with van der Waals surface area (Å²) in [6, 6.07) is 1.73. The van der Waals surface area contributed by atoms with Crippen molar-refractivity contribution in [2.24, 2.45) is 0 Å². The number of ether oxygens (including phenoxy) is 1. The van der Waals surface area contributed by atoms with Crippen molar-refractivity contribution < 1.29 is 9.53 Å². The second-order valence-electron chi connectivity index (χ2n) is 4.50. The third-order valence-corrected chi connectivity index (χ3v) is 4.11. The van der Waals surface area contributed by atoms with Crippen molar-refractivity contribution in [2.75, 3.05) is 19.8 Å². The van der Waals surface area contributed by atoms with Crippen LogP contribution in [0.1, 0.15) is 34.0 Å². The fourth-order valence-corrected chi connectivity index (χ4v) is 3.00. The normalized spacial score (nSPS) is 19.2. The number of aryl methyl sites for hydroxylation is 1. The lowest BCUT2D eigenvalue weighted by Gasteiger charge is -2.34. The molecule has 3 heterocycles. The minimum atomic E-state index is -0.134. The summed E-state index contributed by atoms with van der Waals surface area (Å²) in [6.07, 6.45) is 2.38. The zero-order chi connectivity index (χ0) is 13.9. The molecular formula is C12H15N5O2S. The molecule has 1 aliphatic rings. The number of aromatic amines is 1. The summed E-state index contributed by atoms with van der Waals surface area (Å²) in [5, 5.41) is 10.9. The van der Waals surface area contributed by atoms with Crippen LogP contribution in [0.2, 0.25) is 0 Å². The van der Waals surface area contributed by atoms with Crippen molar-refractivity contribution in [1.82, 2.24) is 24.7 Å². The van der Waals surface area contributed by atoms with E-state index in [2.05, 4.69) is 19.8 Å². The molecule has 0 spiro atoms. The summed E-state index contributed by atoms with van der Waals surface area (Å²) in [4.78, 5) is 15.1. The molecule has 106 valence electrons. The molecule has 1 aliphatic heterocycles. The van der Waals surface area contributed by atoms with Crippen LogP contribution in [0.4, 0.5) is 0 Å². The van der Waals surface area contributed by atoms with E-state index in [1.807, 2.05) is 17.9 Å². The highest BCUT2D eigenvalue weighted by Gasteiger charge is 2.32. The van der Waals surface area contributed by atoms with Crippen molar-refractivity contribution in [1.29, 1.82) is 0 Å². The molecule has 7 nitrogen and oxygen atoms in total. The summed E-state index contributed by atoms with van der Waals surface area (Å²) in [5.74, 6) is -0.0280. The molecule has 1 atom stereocenters. The average molecular weight is 293 g/mol. The largest absolute Gasteiger partial charge is 0.377 e. The van der Waals surface area contributed by atoms with Crippen LogP contribution in [0, 0.1) is 0 Å². The van der Waals surface area contributed by atoms with Gasteiger partial charge in [-0.2, -0.15) is 5.10 Å². The summed E-state index contributed by atoms with van der Waals surface area (Å²) in [7, 11) is 0. The fraction of sp³-hybridized carbons (Fsp3) is 0.500. The number of carbonyl (C=O) groups is 1. The first kappa shape index (κ1) is 13.2. The summed E-state index contributed by atoms with van der Waals surface area (Å²) < 4.78 is 9.38. The lowest BCUT2D eigenvalue weighted by atomic mass is 10.1. The van der Waals surface area contributed by atoms with Gasteiger partial charge in [0, 0.05) is 12.7 Å². The molecular weight excluding hydrogens is 278 g/mol. The lowest BCUT2D eigenvalue weighted by molar-refractivity contribution is -0.00371. The predicted molar refractivity (Wildman–Crippen MR) is 72.5 cm³/mol. The molecule has 0 radical (unpaired) electrons. The van der Waals surface area contributed by atoms with Crippen molar-refractivity contribution in [3.05, 3.63) is 28.5 Å². The van der Waals surface area contributed by atoms with E-state index >= 15 is 0 Å². The Morgan fingerprint density at radius 3 is 3.30 bits per heavy atom. The van der Waals surface area contributed by atoms with Crippen LogP contribution >= 0.6 is 11.5 Å². The molecule has 0 unspecified atom stereocenters. The molecule has 0 saturated carbocycles. The van der Waals surface area contributed by atoms with Gasteiger partial charge in [-0.15, -0.1) is 5.10 Å². The van der Waals surface area contributed by atoms with Crippen LogP contribution in [-0.2, 0) is 11.2 Å². The number of morpholine rings is 1. The van der Waals surface area contributed by atoms with Gasteiger partial charge in [0.2, 0.25) is 0 Å². The standard InChI is InChI=1S/C12H15N5O2S/c1-2-8-11(20-16-15-8)12(18)17-5-6-19-7-10(17)9-3-4-13-14-9/h3-4,10H,2,5-7H2,1H3,(H,13,14)/t10-/m0/s1. The summed E-state index contributed by atoms with van der Waals surface area (Å²) >= 11 is 1.16. The maximum atomic E-state index is 12.7. The van der Waals surface area contributed by atoms with E-state index in [0.29, 0.717) is 31.1 Å². The topological polar surface area (TPSA) is 84.0 Å². The Morgan fingerprint density at radius 2 is 2.55 bits per heavy atom. The van der Waals surface area contributed by atoms with Gasteiger partial charge in [0.25, 0.3) is 5.91 Å². The molecule has 2 aromatic rings. The Kier molecular flexibility index (Phi) is 3.75. The van der Waals surface area contributed by atoms with Crippen LogP contribution in [0.15, 0.2) is 12.3 Å². The Balaban J connectivity index is 1.88. The maximum absolute atomic E-state index is 12.7. The van der Waals surface area contributed by atoms with Crippen LogP contribution in [0.25, 0.3) is 0 Å². The van der Waals surface area contributed by atoms with Crippen LogP contribution in [0.3, 0.4) is 0 Å². The molecule has 1 saturated heterocycles. The summed E-state index contributed by atoms with van der Waals surface area (Å²) in [5.41, 5.74) is 1.64. The Bertz CT molecular complexity index is 582. The number of amides is 1. The SMILES string of the molecule is CCc1nnsc1C(=O)N1CCOC[C@H]1c1ccn[nH]1. The van der Waals surface area contributed by atoms with Crippen molar-refractivity contribution >= 4 is 17.4 Å². The molecule has 0 aliphatic carbocycles. The highest BCUT2D eigenvalue weighted by molar-refractivity contribution is 7.08. The molecule has 8 heteroatoms. The minimum absolute atomic E-state index is 0.0280. The number of aromatic nitrogens is 4. The molecule has 1 amide bonds. The van der Waals surface area contributed by atoms with Gasteiger partial charge >= 0.3 is 0 Å². The zero-order valence-electron chi connectivity index (χ0n) is 11.1. The number of rotatable bonds is 3. The molecule has 1 fully saturated rings. The van der Waals surface area contributed by atoms with Crippen LogP contribution in [-0.4, -0.2) is 50.3 Å². The molecule has 0 bridgehead atoms. The Labute approximate surface area is 120 Å². The van der Waals surface area contributed by atoms with E-state index in [9.17, 15) is 4.79 Å².